The monoisotopic (exact) mass is 248 g/mol. The summed E-state index contributed by atoms with van der Waals surface area (Å²) in [4.78, 5) is 14.1. The van der Waals surface area contributed by atoms with Crippen LogP contribution in [0.4, 0.5) is 5.69 Å². The molecule has 0 radical (unpaired) electrons. The van der Waals surface area contributed by atoms with E-state index in [9.17, 15) is 4.79 Å². The number of anilines is 1. The molecule has 3 nitrogen and oxygen atoms in total. The number of nitrogens with one attached hydrogen (secondary N) is 1. The third-order valence-electron chi connectivity index (χ3n) is 2.87. The lowest BCUT2D eigenvalue weighted by atomic mass is 10.2. The maximum Gasteiger partial charge on any atom is 0.228 e. The molecular formula is C15H24N2O. The second-order valence-corrected chi connectivity index (χ2v) is 4.34. The Morgan fingerprint density at radius 2 is 1.94 bits per heavy atom. The van der Waals surface area contributed by atoms with Gasteiger partial charge in [-0.25, -0.2) is 0 Å². The Labute approximate surface area is 110 Å². The molecule has 1 aromatic carbocycles. The fourth-order valence-electron chi connectivity index (χ4n) is 1.83. The first-order chi connectivity index (χ1) is 8.79. The predicted molar refractivity (Wildman–Crippen MR) is 76.9 cm³/mol. The zero-order chi connectivity index (χ0) is 13.2. The Bertz CT molecular complexity index is 338. The van der Waals surface area contributed by atoms with Crippen LogP contribution >= 0.6 is 0 Å². The van der Waals surface area contributed by atoms with Gasteiger partial charge in [-0.2, -0.15) is 0 Å². The zero-order valence-corrected chi connectivity index (χ0v) is 11.5. The standard InChI is InChI=1S/C15H24N2O/c1-3-5-13-17(14-9-7-6-8-10-14)15(18)11-12-16-4-2/h6-10,16H,3-5,11-13H2,1-2H3. The van der Waals surface area contributed by atoms with Crippen LogP contribution in [-0.4, -0.2) is 25.5 Å². The van der Waals surface area contributed by atoms with Crippen LogP contribution in [0.15, 0.2) is 30.3 Å². The van der Waals surface area contributed by atoms with Gasteiger partial charge in [0.05, 0.1) is 0 Å². The van der Waals surface area contributed by atoms with Crippen molar-refractivity contribution in [3.63, 3.8) is 0 Å². The first kappa shape index (κ1) is 14.7. The second-order valence-electron chi connectivity index (χ2n) is 4.34. The molecule has 1 amide bonds. The molecule has 0 aliphatic carbocycles. The first-order valence-corrected chi connectivity index (χ1v) is 6.85. The number of amides is 1. The lowest BCUT2D eigenvalue weighted by molar-refractivity contribution is -0.118. The predicted octanol–water partition coefficient (Wildman–Crippen LogP) is 2.82. The summed E-state index contributed by atoms with van der Waals surface area (Å²) in [5.74, 6) is 0.204. The summed E-state index contributed by atoms with van der Waals surface area (Å²) in [5, 5.41) is 3.19. The van der Waals surface area contributed by atoms with Crippen LogP contribution in [0.25, 0.3) is 0 Å². The van der Waals surface area contributed by atoms with E-state index in [1.165, 1.54) is 0 Å². The highest BCUT2D eigenvalue weighted by atomic mass is 16.2. The molecule has 0 heterocycles. The fourth-order valence-corrected chi connectivity index (χ4v) is 1.83. The maximum absolute atomic E-state index is 12.2. The van der Waals surface area contributed by atoms with Gasteiger partial charge >= 0.3 is 0 Å². The molecule has 0 unspecified atom stereocenters. The summed E-state index contributed by atoms with van der Waals surface area (Å²) in [6.07, 6.45) is 2.71. The molecule has 0 saturated carbocycles. The normalized spacial score (nSPS) is 10.3. The molecule has 3 heteroatoms. The average Bonchev–Trinajstić information content (AvgIpc) is 2.41. The number of nitrogens with zero attached hydrogens (tertiary/aromatic N) is 1. The van der Waals surface area contributed by atoms with Crippen molar-refractivity contribution in [3.8, 4) is 0 Å². The zero-order valence-electron chi connectivity index (χ0n) is 11.5. The molecule has 0 fully saturated rings. The Morgan fingerprint density at radius 3 is 2.56 bits per heavy atom. The van der Waals surface area contributed by atoms with Crippen molar-refractivity contribution in [1.29, 1.82) is 0 Å². The third kappa shape index (κ3) is 4.88. The SMILES string of the molecule is CCCCN(C(=O)CCNCC)c1ccccc1. The van der Waals surface area contributed by atoms with Gasteiger partial charge in [-0.3, -0.25) is 4.79 Å². The van der Waals surface area contributed by atoms with E-state index in [0.717, 1.165) is 38.2 Å². The van der Waals surface area contributed by atoms with Gasteiger partial charge in [0.2, 0.25) is 5.91 Å². The number of benzene rings is 1. The van der Waals surface area contributed by atoms with Gasteiger partial charge in [-0.15, -0.1) is 0 Å². The number of para-hydroxylation sites is 1. The molecule has 0 aliphatic rings. The molecule has 1 N–H and O–H groups in total. The van der Waals surface area contributed by atoms with E-state index in [4.69, 9.17) is 0 Å². The number of carbonyl (C=O) groups excluding carboxylic acids is 1. The van der Waals surface area contributed by atoms with E-state index in [2.05, 4.69) is 19.2 Å². The van der Waals surface area contributed by atoms with E-state index in [0.29, 0.717) is 6.42 Å². The van der Waals surface area contributed by atoms with Crippen molar-refractivity contribution in [2.45, 2.75) is 33.1 Å². The summed E-state index contributed by atoms with van der Waals surface area (Å²) in [6, 6.07) is 9.93. The number of rotatable bonds is 8. The van der Waals surface area contributed by atoms with Crippen molar-refractivity contribution < 1.29 is 4.79 Å². The number of carbonyl (C=O) groups is 1. The minimum absolute atomic E-state index is 0.204. The molecule has 0 saturated heterocycles. The van der Waals surface area contributed by atoms with Gasteiger partial charge in [0.25, 0.3) is 0 Å². The highest BCUT2D eigenvalue weighted by Crippen LogP contribution is 2.15. The smallest absolute Gasteiger partial charge is 0.228 e. The van der Waals surface area contributed by atoms with Crippen LogP contribution < -0.4 is 10.2 Å². The van der Waals surface area contributed by atoms with Gasteiger partial charge in [-0.1, -0.05) is 38.5 Å². The summed E-state index contributed by atoms with van der Waals surface area (Å²) in [5.41, 5.74) is 1.01. The second kappa shape index (κ2) is 8.70. The largest absolute Gasteiger partial charge is 0.316 e. The molecule has 1 rings (SSSR count). The molecule has 0 bridgehead atoms. The Hall–Kier alpha value is -1.35. The molecule has 0 aromatic heterocycles. The van der Waals surface area contributed by atoms with E-state index in [1.807, 2.05) is 35.2 Å². The summed E-state index contributed by atoms with van der Waals surface area (Å²) >= 11 is 0. The molecule has 1 aromatic rings. The molecule has 0 spiro atoms. The average molecular weight is 248 g/mol. The molecule has 0 aliphatic heterocycles. The molecule has 0 atom stereocenters. The highest BCUT2D eigenvalue weighted by Gasteiger charge is 2.13. The number of hydrogen-bond donors (Lipinski definition) is 1. The maximum atomic E-state index is 12.2. The van der Waals surface area contributed by atoms with Gasteiger partial charge in [0.1, 0.15) is 0 Å². The van der Waals surface area contributed by atoms with Crippen molar-refractivity contribution in [1.82, 2.24) is 5.32 Å². The van der Waals surface area contributed by atoms with Crippen LogP contribution in [0.2, 0.25) is 0 Å². The molecular weight excluding hydrogens is 224 g/mol. The fraction of sp³-hybridized carbons (Fsp3) is 0.533. The third-order valence-corrected chi connectivity index (χ3v) is 2.87. The minimum Gasteiger partial charge on any atom is -0.316 e. The van der Waals surface area contributed by atoms with Crippen molar-refractivity contribution in [2.75, 3.05) is 24.5 Å². The van der Waals surface area contributed by atoms with E-state index in [1.54, 1.807) is 0 Å². The van der Waals surface area contributed by atoms with Gasteiger partial charge in [0, 0.05) is 25.2 Å². The Morgan fingerprint density at radius 1 is 1.22 bits per heavy atom. The summed E-state index contributed by atoms with van der Waals surface area (Å²) < 4.78 is 0. The summed E-state index contributed by atoms with van der Waals surface area (Å²) in [6.45, 7) is 6.67. The van der Waals surface area contributed by atoms with Crippen molar-refractivity contribution in [3.05, 3.63) is 30.3 Å². The quantitative estimate of drug-likeness (QED) is 0.717. The minimum atomic E-state index is 0.204. The van der Waals surface area contributed by atoms with Gasteiger partial charge in [0.15, 0.2) is 0 Å². The number of hydrogen-bond acceptors (Lipinski definition) is 2. The van der Waals surface area contributed by atoms with E-state index < -0.39 is 0 Å². The van der Waals surface area contributed by atoms with Gasteiger partial charge < -0.3 is 10.2 Å². The van der Waals surface area contributed by atoms with Crippen LogP contribution in [0.3, 0.4) is 0 Å². The summed E-state index contributed by atoms with van der Waals surface area (Å²) in [7, 11) is 0. The van der Waals surface area contributed by atoms with E-state index >= 15 is 0 Å². The lowest BCUT2D eigenvalue weighted by Gasteiger charge is -2.22. The Balaban J connectivity index is 2.63. The highest BCUT2D eigenvalue weighted by molar-refractivity contribution is 5.93. The van der Waals surface area contributed by atoms with Crippen LogP contribution in [0.1, 0.15) is 33.1 Å². The van der Waals surface area contributed by atoms with Crippen LogP contribution in [-0.2, 0) is 4.79 Å². The Kier molecular flexibility index (Phi) is 7.11. The van der Waals surface area contributed by atoms with Gasteiger partial charge in [-0.05, 0) is 25.1 Å². The number of unbranched alkanes of at least 4 members (excludes halogenated alkanes) is 1. The topological polar surface area (TPSA) is 32.3 Å². The molecule has 100 valence electrons. The van der Waals surface area contributed by atoms with Crippen LogP contribution in [0.5, 0.6) is 0 Å². The first-order valence-electron chi connectivity index (χ1n) is 6.85. The van der Waals surface area contributed by atoms with E-state index in [-0.39, 0.29) is 5.91 Å². The lowest BCUT2D eigenvalue weighted by Crippen LogP contribution is -2.34. The van der Waals surface area contributed by atoms with Crippen molar-refractivity contribution in [2.24, 2.45) is 0 Å². The van der Waals surface area contributed by atoms with Crippen LogP contribution in [0, 0.1) is 0 Å². The molecule has 18 heavy (non-hydrogen) atoms. The van der Waals surface area contributed by atoms with Crippen molar-refractivity contribution >= 4 is 11.6 Å².